The molecule has 0 amide bonds. The number of allylic oxidation sites excluding steroid dienone is 1. The minimum atomic E-state index is -1.21. The number of esters is 2. The van der Waals surface area contributed by atoms with E-state index in [1.54, 1.807) is 13.8 Å². The van der Waals surface area contributed by atoms with E-state index in [9.17, 15) is 9.59 Å². The van der Waals surface area contributed by atoms with Crippen molar-refractivity contribution in [2.45, 2.75) is 57.7 Å². The molecule has 4 heteroatoms. The van der Waals surface area contributed by atoms with Gasteiger partial charge in [-0.1, -0.05) is 43.3 Å². The highest BCUT2D eigenvalue weighted by molar-refractivity contribution is 5.98. The number of carbonyl (C=O) groups is 2. The quantitative estimate of drug-likeness (QED) is 0.326. The Labute approximate surface area is 143 Å². The average molecular weight is 330 g/mol. The molecule has 24 heavy (non-hydrogen) atoms. The molecule has 0 radical (unpaired) electrons. The summed E-state index contributed by atoms with van der Waals surface area (Å²) in [6.45, 7) is 8.91. The van der Waals surface area contributed by atoms with Crippen molar-refractivity contribution in [2.24, 2.45) is 5.92 Å². The molecule has 0 N–H and O–H groups in total. The molecule has 4 nitrogen and oxygen atoms in total. The molecule has 0 spiro atoms. The fourth-order valence-electron chi connectivity index (χ4n) is 3.54. The van der Waals surface area contributed by atoms with Crippen LogP contribution in [0, 0.1) is 5.92 Å². The number of unbranched alkanes of at least 4 members (excludes halogenated alkanes) is 1. The fraction of sp³-hybridized carbons (Fsp3) is 0.500. The van der Waals surface area contributed by atoms with E-state index >= 15 is 0 Å². The van der Waals surface area contributed by atoms with Gasteiger partial charge in [-0.25, -0.2) is 0 Å². The monoisotopic (exact) mass is 330 g/mol. The zero-order valence-corrected chi connectivity index (χ0v) is 14.7. The van der Waals surface area contributed by atoms with Crippen molar-refractivity contribution in [1.29, 1.82) is 0 Å². The molecule has 1 fully saturated rings. The Balaban J connectivity index is 2.47. The van der Waals surface area contributed by atoms with Crippen LogP contribution in [0.2, 0.25) is 0 Å². The third-order valence-electron chi connectivity index (χ3n) is 4.73. The largest absolute Gasteiger partial charge is 0.422 e. The van der Waals surface area contributed by atoms with E-state index < -0.39 is 29.1 Å². The number of ether oxygens (including phenoxy) is 2. The van der Waals surface area contributed by atoms with Crippen LogP contribution in [0.1, 0.15) is 52.0 Å². The van der Waals surface area contributed by atoms with Gasteiger partial charge in [0, 0.05) is 19.3 Å². The number of cyclic esters (lactones) is 2. The van der Waals surface area contributed by atoms with Gasteiger partial charge in [0.15, 0.2) is 5.92 Å². The van der Waals surface area contributed by atoms with Gasteiger partial charge in [-0.05, 0) is 31.2 Å². The van der Waals surface area contributed by atoms with Crippen LogP contribution in [0.25, 0.3) is 0 Å². The van der Waals surface area contributed by atoms with Gasteiger partial charge in [-0.3, -0.25) is 9.59 Å². The van der Waals surface area contributed by atoms with Crippen LogP contribution < -0.4 is 0 Å². The summed E-state index contributed by atoms with van der Waals surface area (Å²) in [6.07, 6.45) is 4.86. The predicted molar refractivity (Wildman–Crippen MR) is 92.2 cm³/mol. The molecular formula is C20H26O4. The predicted octanol–water partition coefficient (Wildman–Crippen LogP) is 4.14. The Morgan fingerprint density at radius 1 is 1.17 bits per heavy atom. The molecule has 1 aromatic rings. The topological polar surface area (TPSA) is 52.6 Å². The third-order valence-corrected chi connectivity index (χ3v) is 4.73. The molecule has 2 rings (SSSR count). The summed E-state index contributed by atoms with van der Waals surface area (Å²) in [5.41, 5.74) is 0.338. The summed E-state index contributed by atoms with van der Waals surface area (Å²) in [5, 5.41) is 0. The van der Waals surface area contributed by atoms with Gasteiger partial charge in [0.2, 0.25) is 0 Å². The molecule has 0 bridgehead atoms. The lowest BCUT2D eigenvalue weighted by atomic mass is 9.65. The second kappa shape index (κ2) is 7.20. The van der Waals surface area contributed by atoms with E-state index in [0.717, 1.165) is 18.4 Å². The smallest absolute Gasteiger partial charge is 0.324 e. The van der Waals surface area contributed by atoms with Gasteiger partial charge in [-0.2, -0.15) is 0 Å². The number of rotatable bonds is 7. The van der Waals surface area contributed by atoms with E-state index in [0.29, 0.717) is 12.8 Å². The highest BCUT2D eigenvalue weighted by atomic mass is 16.7. The molecule has 1 heterocycles. The Bertz CT molecular complexity index is 585. The molecule has 130 valence electrons. The number of carbonyl (C=O) groups excluding carboxylic acids is 2. The van der Waals surface area contributed by atoms with Crippen LogP contribution in [-0.4, -0.2) is 17.7 Å². The van der Waals surface area contributed by atoms with Crippen molar-refractivity contribution in [3.05, 3.63) is 48.6 Å². The highest BCUT2D eigenvalue weighted by Crippen LogP contribution is 2.44. The van der Waals surface area contributed by atoms with Gasteiger partial charge < -0.3 is 9.47 Å². The van der Waals surface area contributed by atoms with Gasteiger partial charge in [-0.15, -0.1) is 6.58 Å². The Hall–Kier alpha value is -2.10. The SMILES string of the molecule is C=CCCC[C@](CC)(c1ccccc1)C1C(=O)OC(C)(C)OC1=O. The summed E-state index contributed by atoms with van der Waals surface area (Å²) in [4.78, 5) is 25.4. The van der Waals surface area contributed by atoms with Crippen molar-refractivity contribution < 1.29 is 19.1 Å². The molecule has 1 saturated heterocycles. The van der Waals surface area contributed by atoms with E-state index in [1.165, 1.54) is 0 Å². The van der Waals surface area contributed by atoms with Gasteiger partial charge in [0.25, 0.3) is 5.79 Å². The summed E-state index contributed by atoms with van der Waals surface area (Å²) in [6, 6.07) is 9.72. The summed E-state index contributed by atoms with van der Waals surface area (Å²) in [5.74, 6) is -3.15. The van der Waals surface area contributed by atoms with E-state index in [1.807, 2.05) is 43.3 Å². The molecule has 1 aliphatic rings. The van der Waals surface area contributed by atoms with Crippen molar-refractivity contribution in [1.82, 2.24) is 0 Å². The van der Waals surface area contributed by atoms with Crippen molar-refractivity contribution >= 4 is 11.9 Å². The number of benzene rings is 1. The lowest BCUT2D eigenvalue weighted by Gasteiger charge is -2.43. The van der Waals surface area contributed by atoms with Crippen molar-refractivity contribution in [2.75, 3.05) is 0 Å². The Morgan fingerprint density at radius 3 is 2.25 bits per heavy atom. The first-order valence-electron chi connectivity index (χ1n) is 8.48. The summed E-state index contributed by atoms with van der Waals surface area (Å²) in [7, 11) is 0. The maximum atomic E-state index is 12.7. The molecule has 1 aromatic carbocycles. The minimum Gasteiger partial charge on any atom is -0.422 e. The van der Waals surface area contributed by atoms with Crippen LogP contribution in [0.4, 0.5) is 0 Å². The fourth-order valence-corrected chi connectivity index (χ4v) is 3.54. The van der Waals surface area contributed by atoms with Gasteiger partial charge >= 0.3 is 11.9 Å². The molecule has 1 atom stereocenters. The molecular weight excluding hydrogens is 304 g/mol. The molecule has 0 saturated carbocycles. The Morgan fingerprint density at radius 2 is 1.75 bits per heavy atom. The average Bonchev–Trinajstić information content (AvgIpc) is 2.52. The minimum absolute atomic E-state index is 0.499. The highest BCUT2D eigenvalue weighted by Gasteiger charge is 2.54. The zero-order valence-electron chi connectivity index (χ0n) is 14.7. The van der Waals surface area contributed by atoms with Crippen LogP contribution in [0.3, 0.4) is 0 Å². The first-order valence-corrected chi connectivity index (χ1v) is 8.48. The normalized spacial score (nSPS) is 20.0. The Kier molecular flexibility index (Phi) is 5.47. The molecule has 0 unspecified atom stereocenters. The molecule has 1 aliphatic heterocycles. The molecule has 0 aliphatic carbocycles. The maximum Gasteiger partial charge on any atom is 0.324 e. The van der Waals surface area contributed by atoms with Gasteiger partial charge in [0.05, 0.1) is 0 Å². The zero-order chi connectivity index (χ0) is 17.8. The number of hydrogen-bond acceptors (Lipinski definition) is 4. The van der Waals surface area contributed by atoms with Crippen LogP contribution >= 0.6 is 0 Å². The second-order valence-corrected chi connectivity index (χ2v) is 6.73. The van der Waals surface area contributed by atoms with Crippen molar-refractivity contribution in [3.63, 3.8) is 0 Å². The van der Waals surface area contributed by atoms with Gasteiger partial charge in [0.1, 0.15) is 0 Å². The van der Waals surface area contributed by atoms with Crippen LogP contribution in [-0.2, 0) is 24.5 Å². The maximum absolute atomic E-state index is 12.7. The molecule has 0 aromatic heterocycles. The van der Waals surface area contributed by atoms with Crippen LogP contribution in [0.5, 0.6) is 0 Å². The van der Waals surface area contributed by atoms with Crippen molar-refractivity contribution in [3.8, 4) is 0 Å². The van der Waals surface area contributed by atoms with E-state index in [2.05, 4.69) is 6.58 Å². The standard InChI is InChI=1S/C20H26O4/c1-5-7-11-14-20(6-2,15-12-9-8-10-13-15)16-17(21)23-19(3,4)24-18(16)22/h5,8-10,12-13,16H,1,6-7,11,14H2,2-4H3/t20-/m1/s1. The number of hydrogen-bond donors (Lipinski definition) is 0. The first-order chi connectivity index (χ1) is 11.4. The third kappa shape index (κ3) is 3.53. The lowest BCUT2D eigenvalue weighted by molar-refractivity contribution is -0.244. The lowest BCUT2D eigenvalue weighted by Crippen LogP contribution is -2.54. The van der Waals surface area contributed by atoms with Crippen LogP contribution in [0.15, 0.2) is 43.0 Å². The van der Waals surface area contributed by atoms with E-state index in [4.69, 9.17) is 9.47 Å². The summed E-state index contributed by atoms with van der Waals surface area (Å²) < 4.78 is 10.8. The second-order valence-electron chi connectivity index (χ2n) is 6.73. The summed E-state index contributed by atoms with van der Waals surface area (Å²) >= 11 is 0. The first kappa shape index (κ1) is 18.2. The van der Waals surface area contributed by atoms with E-state index in [-0.39, 0.29) is 0 Å².